The summed E-state index contributed by atoms with van der Waals surface area (Å²) in [6.07, 6.45) is 5.03. The highest BCUT2D eigenvalue weighted by atomic mass is 19.3. The Morgan fingerprint density at radius 2 is 2.03 bits per heavy atom. The first-order chi connectivity index (χ1) is 14.0. The number of fused-ring (bicyclic) bond motifs is 1. The molecule has 29 heavy (non-hydrogen) atoms. The number of alkyl halides is 2. The molecule has 2 saturated heterocycles. The lowest BCUT2D eigenvalue weighted by atomic mass is 9.91. The summed E-state index contributed by atoms with van der Waals surface area (Å²) in [6, 6.07) is 8.53. The lowest BCUT2D eigenvalue weighted by Crippen LogP contribution is -2.31. The number of halogens is 2. The molecule has 3 aliphatic rings. The minimum Gasteiger partial charge on any atom is -0.487 e. The number of carbonyl (C=O) groups excluding carboxylic acids is 1. The minimum atomic E-state index is -3.14. The van der Waals surface area contributed by atoms with Crippen molar-refractivity contribution in [1.82, 2.24) is 0 Å². The second-order valence-electron chi connectivity index (χ2n) is 7.90. The van der Waals surface area contributed by atoms with Gasteiger partial charge >= 0.3 is 5.97 Å². The van der Waals surface area contributed by atoms with Gasteiger partial charge in [-0.2, -0.15) is 8.78 Å². The number of esters is 1. The fraction of sp³-hybridized carbons (Fsp3) is 0.591. The fourth-order valence-corrected chi connectivity index (χ4v) is 4.32. The standard InChI is InChI=1S/C22H26F2O5/c23-22(24,14-27-15-6-2-1-3-7-15)10-9-16-17-12-20(25)28-19(17)13-18(16)29-21-8-4-5-11-26-21/h1-3,6-7,9-10,16-19,21H,4-5,8,11-14H2/t16-,17-,18-,19+,21?/m1/s1. The van der Waals surface area contributed by atoms with Gasteiger partial charge in [-0.25, -0.2) is 0 Å². The van der Waals surface area contributed by atoms with Gasteiger partial charge in [0.15, 0.2) is 12.9 Å². The van der Waals surface area contributed by atoms with Crippen molar-refractivity contribution < 1.29 is 32.5 Å². The number of carbonyl (C=O) groups is 1. The molecule has 4 rings (SSSR count). The van der Waals surface area contributed by atoms with Gasteiger partial charge in [-0.15, -0.1) is 0 Å². The lowest BCUT2D eigenvalue weighted by molar-refractivity contribution is -0.194. The van der Waals surface area contributed by atoms with Gasteiger partial charge in [-0.3, -0.25) is 4.79 Å². The number of benzene rings is 1. The molecule has 1 saturated carbocycles. The number of hydrogen-bond donors (Lipinski definition) is 0. The van der Waals surface area contributed by atoms with Gasteiger partial charge in [0.25, 0.3) is 5.92 Å². The average Bonchev–Trinajstić information content (AvgIpc) is 3.22. The first kappa shape index (κ1) is 20.3. The maximum absolute atomic E-state index is 14.4. The molecule has 1 aliphatic carbocycles. The second-order valence-corrected chi connectivity index (χ2v) is 7.90. The molecule has 3 fully saturated rings. The maximum Gasteiger partial charge on any atom is 0.306 e. The van der Waals surface area contributed by atoms with E-state index in [1.807, 2.05) is 0 Å². The van der Waals surface area contributed by atoms with Gasteiger partial charge in [0.2, 0.25) is 0 Å². The van der Waals surface area contributed by atoms with E-state index in [4.69, 9.17) is 18.9 Å². The zero-order chi connectivity index (χ0) is 20.3. The van der Waals surface area contributed by atoms with E-state index in [2.05, 4.69) is 0 Å². The molecule has 1 aromatic carbocycles. The van der Waals surface area contributed by atoms with Crippen LogP contribution in [0.5, 0.6) is 5.75 Å². The van der Waals surface area contributed by atoms with Crippen LogP contribution in [0.1, 0.15) is 32.1 Å². The largest absolute Gasteiger partial charge is 0.487 e. The third kappa shape index (κ3) is 5.14. The van der Waals surface area contributed by atoms with Crippen LogP contribution in [0.4, 0.5) is 8.78 Å². The molecule has 2 aliphatic heterocycles. The summed E-state index contributed by atoms with van der Waals surface area (Å²) in [5.41, 5.74) is 0. The summed E-state index contributed by atoms with van der Waals surface area (Å²) in [5, 5.41) is 0. The first-order valence-corrected chi connectivity index (χ1v) is 10.2. The van der Waals surface area contributed by atoms with Crippen molar-refractivity contribution in [3.8, 4) is 5.75 Å². The average molecular weight is 408 g/mol. The third-order valence-corrected chi connectivity index (χ3v) is 5.75. The molecular formula is C22H26F2O5. The normalized spacial score (nSPS) is 32.3. The van der Waals surface area contributed by atoms with Crippen molar-refractivity contribution in [2.24, 2.45) is 11.8 Å². The van der Waals surface area contributed by atoms with Gasteiger partial charge in [0.05, 0.1) is 12.5 Å². The van der Waals surface area contributed by atoms with Crippen LogP contribution < -0.4 is 4.74 Å². The molecule has 1 unspecified atom stereocenters. The molecule has 0 radical (unpaired) electrons. The van der Waals surface area contributed by atoms with Gasteiger partial charge in [0.1, 0.15) is 11.9 Å². The molecule has 0 N–H and O–H groups in total. The summed E-state index contributed by atoms with van der Waals surface area (Å²) >= 11 is 0. The Morgan fingerprint density at radius 1 is 1.21 bits per heavy atom. The highest BCUT2D eigenvalue weighted by Gasteiger charge is 2.50. The molecule has 158 valence electrons. The van der Waals surface area contributed by atoms with Gasteiger partial charge in [0, 0.05) is 24.9 Å². The van der Waals surface area contributed by atoms with Crippen LogP contribution in [-0.2, 0) is 19.0 Å². The Balaban J connectivity index is 1.41. The Kier molecular flexibility index (Phi) is 6.15. The van der Waals surface area contributed by atoms with Crippen molar-refractivity contribution in [2.45, 2.75) is 56.5 Å². The topological polar surface area (TPSA) is 54.0 Å². The highest BCUT2D eigenvalue weighted by molar-refractivity contribution is 5.72. The van der Waals surface area contributed by atoms with Gasteiger partial charge in [-0.05, 0) is 37.5 Å². The summed E-state index contributed by atoms with van der Waals surface area (Å²) in [5.74, 6) is -3.47. The fourth-order valence-electron chi connectivity index (χ4n) is 4.32. The van der Waals surface area contributed by atoms with Gasteiger partial charge < -0.3 is 18.9 Å². The molecule has 0 aromatic heterocycles. The van der Waals surface area contributed by atoms with Crippen LogP contribution in [0.25, 0.3) is 0 Å². The molecule has 1 aromatic rings. The quantitative estimate of drug-likeness (QED) is 0.502. The zero-order valence-corrected chi connectivity index (χ0v) is 16.2. The summed E-state index contributed by atoms with van der Waals surface area (Å²) in [4.78, 5) is 11.7. The zero-order valence-electron chi connectivity index (χ0n) is 16.2. The Bertz CT molecular complexity index is 717. The van der Waals surface area contributed by atoms with E-state index in [1.165, 1.54) is 6.08 Å². The van der Waals surface area contributed by atoms with Crippen LogP contribution >= 0.6 is 0 Å². The number of ether oxygens (including phenoxy) is 4. The van der Waals surface area contributed by atoms with Crippen LogP contribution in [-0.4, -0.2) is 43.6 Å². The van der Waals surface area contributed by atoms with Crippen molar-refractivity contribution in [3.05, 3.63) is 42.5 Å². The monoisotopic (exact) mass is 408 g/mol. The maximum atomic E-state index is 14.4. The molecule has 5 atom stereocenters. The van der Waals surface area contributed by atoms with E-state index in [1.54, 1.807) is 30.3 Å². The molecule has 0 spiro atoms. The Morgan fingerprint density at radius 3 is 2.79 bits per heavy atom. The van der Waals surface area contributed by atoms with Crippen molar-refractivity contribution in [1.29, 1.82) is 0 Å². The highest BCUT2D eigenvalue weighted by Crippen LogP contribution is 2.44. The van der Waals surface area contributed by atoms with Crippen LogP contribution in [0.3, 0.4) is 0 Å². The van der Waals surface area contributed by atoms with Crippen molar-refractivity contribution >= 4 is 5.97 Å². The van der Waals surface area contributed by atoms with Crippen LogP contribution in [0.2, 0.25) is 0 Å². The number of rotatable bonds is 7. The minimum absolute atomic E-state index is 0.141. The van der Waals surface area contributed by atoms with Gasteiger partial charge in [-0.1, -0.05) is 24.3 Å². The number of hydrogen-bond acceptors (Lipinski definition) is 5. The molecule has 5 nitrogen and oxygen atoms in total. The predicted molar refractivity (Wildman–Crippen MR) is 101 cm³/mol. The van der Waals surface area contributed by atoms with E-state index in [-0.39, 0.29) is 42.7 Å². The SMILES string of the molecule is O=C1C[C@@H]2[C@@H](C=CC(F)(F)COc3ccccc3)[C@H](OC3CCCCO3)C[C@@H]2O1. The van der Waals surface area contributed by atoms with E-state index >= 15 is 0 Å². The van der Waals surface area contributed by atoms with Crippen LogP contribution in [0, 0.1) is 11.8 Å². The molecule has 0 amide bonds. The van der Waals surface area contributed by atoms with Crippen molar-refractivity contribution in [2.75, 3.05) is 13.2 Å². The Labute approximate surface area is 169 Å². The predicted octanol–water partition coefficient (Wildman–Crippen LogP) is 4.12. The molecular weight excluding hydrogens is 382 g/mol. The van der Waals surface area contributed by atoms with Crippen LogP contribution in [0.15, 0.2) is 42.5 Å². The van der Waals surface area contributed by atoms with E-state index in [0.717, 1.165) is 25.3 Å². The first-order valence-electron chi connectivity index (χ1n) is 10.2. The summed E-state index contributed by atoms with van der Waals surface area (Å²) in [7, 11) is 0. The molecule has 2 heterocycles. The van der Waals surface area contributed by atoms with E-state index in [9.17, 15) is 13.6 Å². The summed E-state index contributed by atoms with van der Waals surface area (Å²) in [6.45, 7) is -0.102. The third-order valence-electron chi connectivity index (χ3n) is 5.75. The van der Waals surface area contributed by atoms with Crippen molar-refractivity contribution in [3.63, 3.8) is 0 Å². The molecule has 0 bridgehead atoms. The second kappa shape index (κ2) is 8.79. The van der Waals surface area contributed by atoms with E-state index in [0.29, 0.717) is 18.8 Å². The van der Waals surface area contributed by atoms with E-state index < -0.39 is 12.5 Å². The number of para-hydroxylation sites is 1. The summed E-state index contributed by atoms with van der Waals surface area (Å²) < 4.78 is 51.1. The lowest BCUT2D eigenvalue weighted by Gasteiger charge is -2.29. The Hall–Kier alpha value is -1.99. The smallest absolute Gasteiger partial charge is 0.306 e. The molecule has 7 heteroatoms.